The molecule has 5 nitrogen and oxygen atoms in total. The van der Waals surface area contributed by atoms with E-state index in [1.165, 1.54) is 13.0 Å². The van der Waals surface area contributed by atoms with Crippen LogP contribution in [0.1, 0.15) is 22.8 Å². The van der Waals surface area contributed by atoms with E-state index in [0.29, 0.717) is 11.3 Å². The second kappa shape index (κ2) is 6.76. The number of carbonyl (C=O) groups excluding carboxylic acids is 2. The van der Waals surface area contributed by atoms with Crippen LogP contribution in [0.2, 0.25) is 0 Å². The van der Waals surface area contributed by atoms with Crippen LogP contribution >= 0.6 is 0 Å². The SMILES string of the molecule is Cc1ccc(C(=O)O[C@@H](C)C(=O)Nc2ccccc2)cc1O. The molecule has 22 heavy (non-hydrogen) atoms. The smallest absolute Gasteiger partial charge is 0.339 e. The van der Waals surface area contributed by atoms with Crippen molar-refractivity contribution in [2.45, 2.75) is 20.0 Å². The van der Waals surface area contributed by atoms with Crippen molar-refractivity contribution in [3.8, 4) is 5.75 Å². The topological polar surface area (TPSA) is 75.6 Å². The average Bonchev–Trinajstić information content (AvgIpc) is 2.50. The Bertz CT molecular complexity index is 682. The van der Waals surface area contributed by atoms with Crippen molar-refractivity contribution in [3.63, 3.8) is 0 Å². The molecule has 2 N–H and O–H groups in total. The Morgan fingerprint density at radius 3 is 2.45 bits per heavy atom. The molecule has 0 heterocycles. The van der Waals surface area contributed by atoms with Crippen LogP contribution in [0.25, 0.3) is 0 Å². The van der Waals surface area contributed by atoms with Crippen LogP contribution in [-0.4, -0.2) is 23.1 Å². The number of rotatable bonds is 4. The van der Waals surface area contributed by atoms with Crippen molar-refractivity contribution in [1.29, 1.82) is 0 Å². The van der Waals surface area contributed by atoms with E-state index in [2.05, 4.69) is 5.32 Å². The highest BCUT2D eigenvalue weighted by Crippen LogP contribution is 2.18. The van der Waals surface area contributed by atoms with E-state index < -0.39 is 18.0 Å². The molecule has 0 aromatic heterocycles. The van der Waals surface area contributed by atoms with Gasteiger partial charge >= 0.3 is 5.97 Å². The standard InChI is InChI=1S/C17H17NO4/c1-11-8-9-13(10-15(11)19)17(21)22-12(2)16(20)18-14-6-4-3-5-7-14/h3-10,12,19H,1-2H3,(H,18,20)/t12-/m0/s1. The van der Waals surface area contributed by atoms with Gasteiger partial charge in [0, 0.05) is 5.69 Å². The molecule has 1 atom stereocenters. The van der Waals surface area contributed by atoms with Crippen LogP contribution in [0.4, 0.5) is 5.69 Å². The van der Waals surface area contributed by atoms with E-state index in [1.54, 1.807) is 43.3 Å². The van der Waals surface area contributed by atoms with Gasteiger partial charge in [-0.1, -0.05) is 24.3 Å². The minimum atomic E-state index is -0.948. The number of hydrogen-bond donors (Lipinski definition) is 2. The van der Waals surface area contributed by atoms with Gasteiger partial charge in [0.2, 0.25) is 0 Å². The summed E-state index contributed by atoms with van der Waals surface area (Å²) in [6.45, 7) is 3.21. The van der Waals surface area contributed by atoms with Crippen LogP contribution in [0.3, 0.4) is 0 Å². The summed E-state index contributed by atoms with van der Waals surface area (Å²) >= 11 is 0. The molecule has 0 aliphatic rings. The summed E-state index contributed by atoms with van der Waals surface area (Å²) < 4.78 is 5.10. The molecule has 0 saturated heterocycles. The van der Waals surface area contributed by atoms with Crippen LogP contribution in [0, 0.1) is 6.92 Å². The molecule has 2 aromatic carbocycles. The number of aryl methyl sites for hydroxylation is 1. The summed E-state index contributed by atoms with van der Waals surface area (Å²) in [4.78, 5) is 23.9. The largest absolute Gasteiger partial charge is 0.508 e. The zero-order valence-corrected chi connectivity index (χ0v) is 12.4. The molecular formula is C17H17NO4. The van der Waals surface area contributed by atoms with Crippen LogP contribution in [0.5, 0.6) is 5.75 Å². The summed E-state index contributed by atoms with van der Waals surface area (Å²) in [5.41, 5.74) is 1.48. The molecule has 0 spiro atoms. The van der Waals surface area contributed by atoms with Gasteiger partial charge in [-0.25, -0.2) is 4.79 Å². The molecule has 2 aromatic rings. The number of anilines is 1. The Morgan fingerprint density at radius 1 is 1.14 bits per heavy atom. The lowest BCUT2D eigenvalue weighted by molar-refractivity contribution is -0.123. The molecule has 0 aliphatic carbocycles. The lowest BCUT2D eigenvalue weighted by Gasteiger charge is -2.13. The van der Waals surface area contributed by atoms with E-state index in [-0.39, 0.29) is 11.3 Å². The molecule has 0 unspecified atom stereocenters. The van der Waals surface area contributed by atoms with Crippen LogP contribution in [-0.2, 0) is 9.53 Å². The lowest BCUT2D eigenvalue weighted by atomic mass is 10.1. The number of ether oxygens (including phenoxy) is 1. The van der Waals surface area contributed by atoms with Gasteiger partial charge in [-0.3, -0.25) is 4.79 Å². The normalized spacial score (nSPS) is 11.5. The number of para-hydroxylation sites is 1. The van der Waals surface area contributed by atoms with Gasteiger partial charge in [-0.05, 0) is 43.7 Å². The molecule has 5 heteroatoms. The average molecular weight is 299 g/mol. The van der Waals surface area contributed by atoms with Gasteiger partial charge in [-0.2, -0.15) is 0 Å². The van der Waals surface area contributed by atoms with Crippen molar-refractivity contribution in [3.05, 3.63) is 59.7 Å². The molecule has 0 fully saturated rings. The predicted octanol–water partition coefficient (Wildman–Crippen LogP) is 2.88. The Hall–Kier alpha value is -2.82. The lowest BCUT2D eigenvalue weighted by Crippen LogP contribution is -2.29. The zero-order valence-electron chi connectivity index (χ0n) is 12.4. The van der Waals surface area contributed by atoms with Gasteiger partial charge in [0.05, 0.1) is 5.56 Å². The highest BCUT2D eigenvalue weighted by atomic mass is 16.5. The zero-order chi connectivity index (χ0) is 16.1. The fraction of sp³-hybridized carbons (Fsp3) is 0.176. The molecule has 1 amide bonds. The van der Waals surface area contributed by atoms with Gasteiger partial charge in [-0.15, -0.1) is 0 Å². The third-order valence-electron chi connectivity index (χ3n) is 3.14. The van der Waals surface area contributed by atoms with Gasteiger partial charge in [0.1, 0.15) is 5.75 Å². The summed E-state index contributed by atoms with van der Waals surface area (Å²) in [7, 11) is 0. The summed E-state index contributed by atoms with van der Waals surface area (Å²) in [5.74, 6) is -1.07. The van der Waals surface area contributed by atoms with Crippen molar-refractivity contribution < 1.29 is 19.4 Å². The highest BCUT2D eigenvalue weighted by molar-refractivity contribution is 5.97. The highest BCUT2D eigenvalue weighted by Gasteiger charge is 2.19. The maximum absolute atomic E-state index is 12.0. The number of nitrogens with one attached hydrogen (secondary N) is 1. The van der Waals surface area contributed by atoms with Crippen molar-refractivity contribution in [1.82, 2.24) is 0 Å². The Morgan fingerprint density at radius 2 is 1.82 bits per heavy atom. The number of benzene rings is 2. The first-order chi connectivity index (χ1) is 10.5. The number of amides is 1. The summed E-state index contributed by atoms with van der Waals surface area (Å²) in [6.07, 6.45) is -0.948. The fourth-order valence-corrected chi connectivity index (χ4v) is 1.78. The summed E-state index contributed by atoms with van der Waals surface area (Å²) in [6, 6.07) is 13.4. The quantitative estimate of drug-likeness (QED) is 0.851. The molecule has 0 radical (unpaired) electrons. The molecule has 0 saturated carbocycles. The maximum Gasteiger partial charge on any atom is 0.339 e. The number of carbonyl (C=O) groups is 2. The molecule has 2 rings (SSSR count). The number of esters is 1. The van der Waals surface area contributed by atoms with Gasteiger partial charge < -0.3 is 15.2 Å². The molecule has 0 aliphatic heterocycles. The Balaban J connectivity index is 1.98. The van der Waals surface area contributed by atoms with Crippen molar-refractivity contribution in [2.24, 2.45) is 0 Å². The molecule has 0 bridgehead atoms. The van der Waals surface area contributed by atoms with E-state index >= 15 is 0 Å². The van der Waals surface area contributed by atoms with Crippen molar-refractivity contribution >= 4 is 17.6 Å². The first-order valence-corrected chi connectivity index (χ1v) is 6.84. The van der Waals surface area contributed by atoms with Gasteiger partial charge in [0.25, 0.3) is 5.91 Å². The molecule has 114 valence electrons. The second-order valence-corrected chi connectivity index (χ2v) is 4.90. The number of hydrogen-bond acceptors (Lipinski definition) is 4. The van der Waals surface area contributed by atoms with E-state index in [1.807, 2.05) is 6.07 Å². The number of phenols is 1. The minimum Gasteiger partial charge on any atom is -0.508 e. The van der Waals surface area contributed by atoms with Crippen LogP contribution in [0.15, 0.2) is 48.5 Å². The molecular weight excluding hydrogens is 282 g/mol. The monoisotopic (exact) mass is 299 g/mol. The summed E-state index contributed by atoms with van der Waals surface area (Å²) in [5, 5.41) is 12.3. The predicted molar refractivity (Wildman–Crippen MR) is 82.8 cm³/mol. The fourth-order valence-electron chi connectivity index (χ4n) is 1.78. The first kappa shape index (κ1) is 15.6. The first-order valence-electron chi connectivity index (χ1n) is 6.84. The third kappa shape index (κ3) is 3.85. The van der Waals surface area contributed by atoms with Crippen molar-refractivity contribution in [2.75, 3.05) is 5.32 Å². The number of aromatic hydroxyl groups is 1. The second-order valence-electron chi connectivity index (χ2n) is 4.90. The minimum absolute atomic E-state index is 0.0100. The maximum atomic E-state index is 12.0. The van der Waals surface area contributed by atoms with E-state index in [4.69, 9.17) is 4.74 Å². The van der Waals surface area contributed by atoms with Gasteiger partial charge in [0.15, 0.2) is 6.10 Å². The Kier molecular flexibility index (Phi) is 4.78. The number of phenolic OH excluding ortho intramolecular Hbond substituents is 1. The van der Waals surface area contributed by atoms with Crippen LogP contribution < -0.4 is 5.32 Å². The Labute approximate surface area is 128 Å². The van der Waals surface area contributed by atoms with E-state index in [0.717, 1.165) is 0 Å². The third-order valence-corrected chi connectivity index (χ3v) is 3.14. The van der Waals surface area contributed by atoms with E-state index in [9.17, 15) is 14.7 Å².